The Morgan fingerprint density at radius 3 is 3.12 bits per heavy atom. The molecule has 0 aromatic carbocycles. The largest absolute Gasteiger partial charge is 0.390 e. The third-order valence-corrected chi connectivity index (χ3v) is 2.18. The fraction of sp³-hybridized carbons (Fsp3) is 0.500. The number of hydrogen-bond donors (Lipinski definition) is 2. The van der Waals surface area contributed by atoms with Crippen molar-refractivity contribution in [2.24, 2.45) is 0 Å². The molecule has 0 spiro atoms. The van der Waals surface area contributed by atoms with Crippen molar-refractivity contribution in [1.29, 1.82) is 0 Å². The van der Waals surface area contributed by atoms with Crippen LogP contribution in [-0.4, -0.2) is 37.7 Å². The molecule has 1 atom stereocenters. The monoisotopic (exact) mass is 237 g/mol. The lowest BCUT2D eigenvalue weighted by molar-refractivity contribution is 0.145. The first-order chi connectivity index (χ1) is 8.24. The number of aliphatic hydroxyl groups excluding tert-OH is 1. The zero-order valence-corrected chi connectivity index (χ0v) is 9.58. The van der Waals surface area contributed by atoms with E-state index in [0.29, 0.717) is 31.3 Å². The Bertz CT molecular complexity index is 439. The van der Waals surface area contributed by atoms with Gasteiger partial charge in [-0.1, -0.05) is 5.16 Å². The van der Waals surface area contributed by atoms with Crippen molar-refractivity contribution in [2.75, 3.05) is 6.54 Å². The summed E-state index contributed by atoms with van der Waals surface area (Å²) in [5.41, 5.74) is 0. The molecule has 0 aliphatic rings. The van der Waals surface area contributed by atoms with Crippen LogP contribution < -0.4 is 5.32 Å². The van der Waals surface area contributed by atoms with Crippen LogP contribution in [0, 0.1) is 6.92 Å². The molecule has 0 aliphatic heterocycles. The SMILES string of the molecule is Cc1noc(CNCC(O)Cn2cccn2)n1. The van der Waals surface area contributed by atoms with E-state index in [9.17, 15) is 5.11 Å². The van der Waals surface area contributed by atoms with Gasteiger partial charge in [-0.3, -0.25) is 4.68 Å². The highest BCUT2D eigenvalue weighted by atomic mass is 16.5. The first-order valence-electron chi connectivity index (χ1n) is 5.39. The standard InChI is InChI=1S/C10H15N5O2/c1-8-13-10(17-14-8)6-11-5-9(16)7-15-4-2-3-12-15/h2-4,9,11,16H,5-7H2,1H3. The van der Waals surface area contributed by atoms with Crippen molar-refractivity contribution >= 4 is 0 Å². The minimum absolute atomic E-state index is 0.446. The maximum atomic E-state index is 9.71. The summed E-state index contributed by atoms with van der Waals surface area (Å²) in [5.74, 6) is 1.13. The molecule has 0 saturated heterocycles. The van der Waals surface area contributed by atoms with E-state index in [1.165, 1.54) is 0 Å². The summed E-state index contributed by atoms with van der Waals surface area (Å²) in [7, 11) is 0. The van der Waals surface area contributed by atoms with Crippen LogP contribution in [0.25, 0.3) is 0 Å². The van der Waals surface area contributed by atoms with Crippen LogP contribution in [0.5, 0.6) is 0 Å². The maximum Gasteiger partial charge on any atom is 0.240 e. The number of hydrogen-bond acceptors (Lipinski definition) is 6. The van der Waals surface area contributed by atoms with Gasteiger partial charge in [-0.25, -0.2) is 0 Å². The van der Waals surface area contributed by atoms with Crippen molar-refractivity contribution in [3.05, 3.63) is 30.2 Å². The molecule has 2 N–H and O–H groups in total. The number of rotatable bonds is 6. The predicted molar refractivity (Wildman–Crippen MR) is 59.0 cm³/mol. The Morgan fingerprint density at radius 1 is 1.59 bits per heavy atom. The molecule has 0 saturated carbocycles. The van der Waals surface area contributed by atoms with Gasteiger partial charge in [0, 0.05) is 18.9 Å². The summed E-state index contributed by atoms with van der Waals surface area (Å²) < 4.78 is 6.61. The lowest BCUT2D eigenvalue weighted by Gasteiger charge is -2.10. The fourth-order valence-corrected chi connectivity index (χ4v) is 1.45. The molecule has 2 aromatic heterocycles. The highest BCUT2D eigenvalue weighted by Gasteiger charge is 2.06. The Labute approximate surface area is 98.4 Å². The lowest BCUT2D eigenvalue weighted by Crippen LogP contribution is -2.30. The average Bonchev–Trinajstić information content (AvgIpc) is 2.90. The molecule has 7 nitrogen and oxygen atoms in total. The van der Waals surface area contributed by atoms with E-state index in [4.69, 9.17) is 4.52 Å². The number of aromatic nitrogens is 4. The van der Waals surface area contributed by atoms with Gasteiger partial charge in [0.15, 0.2) is 5.82 Å². The molecule has 0 bridgehead atoms. The fourth-order valence-electron chi connectivity index (χ4n) is 1.45. The van der Waals surface area contributed by atoms with Gasteiger partial charge >= 0.3 is 0 Å². The summed E-state index contributed by atoms with van der Waals surface area (Å²) in [5, 5.41) is 20.4. The molecule has 0 amide bonds. The van der Waals surface area contributed by atoms with Crippen LogP contribution in [0.4, 0.5) is 0 Å². The molecule has 2 aromatic rings. The number of aryl methyl sites for hydroxylation is 1. The minimum Gasteiger partial charge on any atom is -0.390 e. The zero-order valence-electron chi connectivity index (χ0n) is 9.58. The molecule has 2 rings (SSSR count). The summed E-state index contributed by atoms with van der Waals surface area (Å²) in [6.45, 7) is 3.13. The molecule has 7 heteroatoms. The van der Waals surface area contributed by atoms with Crippen LogP contribution in [0.15, 0.2) is 23.0 Å². The summed E-state index contributed by atoms with van der Waals surface area (Å²) in [4.78, 5) is 4.04. The van der Waals surface area contributed by atoms with Crippen molar-refractivity contribution in [1.82, 2.24) is 25.2 Å². The van der Waals surface area contributed by atoms with Crippen LogP contribution >= 0.6 is 0 Å². The quantitative estimate of drug-likeness (QED) is 0.718. The second-order valence-electron chi connectivity index (χ2n) is 3.75. The van der Waals surface area contributed by atoms with Crippen molar-refractivity contribution in [3.8, 4) is 0 Å². The predicted octanol–water partition coefficient (Wildman–Crippen LogP) is -0.275. The lowest BCUT2D eigenvalue weighted by atomic mass is 10.3. The van der Waals surface area contributed by atoms with E-state index in [1.54, 1.807) is 17.8 Å². The zero-order chi connectivity index (χ0) is 12.1. The van der Waals surface area contributed by atoms with Crippen LogP contribution in [-0.2, 0) is 13.1 Å². The minimum atomic E-state index is -0.501. The van der Waals surface area contributed by atoms with Gasteiger partial charge < -0.3 is 14.9 Å². The van der Waals surface area contributed by atoms with Gasteiger partial charge in [0.05, 0.1) is 19.2 Å². The van der Waals surface area contributed by atoms with Crippen molar-refractivity contribution in [3.63, 3.8) is 0 Å². The third-order valence-electron chi connectivity index (χ3n) is 2.18. The molecule has 2 heterocycles. The first kappa shape index (κ1) is 11.7. The van der Waals surface area contributed by atoms with Crippen molar-refractivity contribution in [2.45, 2.75) is 26.1 Å². The topological polar surface area (TPSA) is 89.0 Å². The first-order valence-corrected chi connectivity index (χ1v) is 5.39. The third kappa shape index (κ3) is 3.65. The van der Waals surface area contributed by atoms with Crippen LogP contribution in [0.2, 0.25) is 0 Å². The number of aliphatic hydroxyl groups is 1. The normalized spacial score (nSPS) is 12.8. The number of nitrogens with one attached hydrogen (secondary N) is 1. The Hall–Kier alpha value is -1.73. The summed E-state index contributed by atoms with van der Waals surface area (Å²) >= 11 is 0. The molecule has 0 aliphatic carbocycles. The highest BCUT2D eigenvalue weighted by Crippen LogP contribution is 1.95. The average molecular weight is 237 g/mol. The van der Waals surface area contributed by atoms with Crippen LogP contribution in [0.3, 0.4) is 0 Å². The Balaban J connectivity index is 1.68. The van der Waals surface area contributed by atoms with E-state index < -0.39 is 6.10 Å². The van der Waals surface area contributed by atoms with Crippen molar-refractivity contribution < 1.29 is 9.63 Å². The summed E-state index contributed by atoms with van der Waals surface area (Å²) in [6, 6.07) is 1.82. The molecule has 17 heavy (non-hydrogen) atoms. The second-order valence-corrected chi connectivity index (χ2v) is 3.75. The van der Waals surface area contributed by atoms with E-state index in [2.05, 4.69) is 20.6 Å². The van der Waals surface area contributed by atoms with Gasteiger partial charge in [0.25, 0.3) is 0 Å². The van der Waals surface area contributed by atoms with Crippen LogP contribution in [0.1, 0.15) is 11.7 Å². The molecule has 1 unspecified atom stereocenters. The smallest absolute Gasteiger partial charge is 0.240 e. The highest BCUT2D eigenvalue weighted by molar-refractivity contribution is 4.82. The summed E-state index contributed by atoms with van der Waals surface area (Å²) in [6.07, 6.45) is 2.99. The molecule has 0 fully saturated rings. The van der Waals surface area contributed by atoms with E-state index in [0.717, 1.165) is 0 Å². The van der Waals surface area contributed by atoms with E-state index in [1.807, 2.05) is 12.3 Å². The van der Waals surface area contributed by atoms with Gasteiger partial charge in [-0.2, -0.15) is 10.1 Å². The Morgan fingerprint density at radius 2 is 2.47 bits per heavy atom. The van der Waals surface area contributed by atoms with E-state index in [-0.39, 0.29) is 0 Å². The van der Waals surface area contributed by atoms with Gasteiger partial charge in [0.1, 0.15) is 0 Å². The van der Waals surface area contributed by atoms with Gasteiger partial charge in [-0.05, 0) is 13.0 Å². The number of nitrogens with zero attached hydrogens (tertiary/aromatic N) is 4. The molecule has 92 valence electrons. The molecule has 0 radical (unpaired) electrons. The van der Waals surface area contributed by atoms with Gasteiger partial charge in [-0.15, -0.1) is 0 Å². The molecular formula is C10H15N5O2. The van der Waals surface area contributed by atoms with Gasteiger partial charge in [0.2, 0.25) is 5.89 Å². The maximum absolute atomic E-state index is 9.71. The molecular weight excluding hydrogens is 222 g/mol. The second kappa shape index (κ2) is 5.55. The van der Waals surface area contributed by atoms with E-state index >= 15 is 0 Å². The Kier molecular flexibility index (Phi) is 3.84.